The van der Waals surface area contributed by atoms with Crippen LogP contribution in [0.5, 0.6) is 0 Å². The van der Waals surface area contributed by atoms with Crippen LogP contribution in [0.1, 0.15) is 15.9 Å². The van der Waals surface area contributed by atoms with Crippen LogP contribution < -0.4 is 10.6 Å². The Morgan fingerprint density at radius 3 is 2.58 bits per heavy atom. The Hall–Kier alpha value is -1.81. The number of benzene rings is 2. The van der Waals surface area contributed by atoms with E-state index < -0.39 is 0 Å². The summed E-state index contributed by atoms with van der Waals surface area (Å²) in [6.45, 7) is 2.00. The summed E-state index contributed by atoms with van der Waals surface area (Å²) in [7, 11) is 1.76. The molecule has 0 heterocycles. The summed E-state index contributed by atoms with van der Waals surface area (Å²) < 4.78 is 0.800. The van der Waals surface area contributed by atoms with E-state index >= 15 is 0 Å². The topological polar surface area (TPSA) is 46.3 Å². The van der Waals surface area contributed by atoms with Crippen LogP contribution in [0.25, 0.3) is 0 Å². The molecule has 2 N–H and O–H groups in total. The lowest BCUT2D eigenvalue weighted by Crippen LogP contribution is -2.26. The van der Waals surface area contributed by atoms with Gasteiger partial charge in [-0.1, -0.05) is 28.1 Å². The SMILES string of the molecule is Cc1cccc(N(C)C(=O)c2cc(N)cc(Br)c2)c1. The smallest absolute Gasteiger partial charge is 0.258 e. The molecule has 0 spiro atoms. The van der Waals surface area contributed by atoms with Crippen LogP contribution >= 0.6 is 15.9 Å². The summed E-state index contributed by atoms with van der Waals surface area (Å²) in [6.07, 6.45) is 0. The maximum atomic E-state index is 12.4. The number of nitrogens with zero attached hydrogens (tertiary/aromatic N) is 1. The van der Waals surface area contributed by atoms with Crippen molar-refractivity contribution in [1.82, 2.24) is 0 Å². The number of aryl methyl sites for hydroxylation is 1. The van der Waals surface area contributed by atoms with Crippen LogP contribution in [0.3, 0.4) is 0 Å². The molecule has 1 amide bonds. The first kappa shape index (κ1) is 13.6. The molecule has 0 aliphatic rings. The number of nitrogens with two attached hydrogens (primary N) is 1. The highest BCUT2D eigenvalue weighted by Crippen LogP contribution is 2.21. The Morgan fingerprint density at radius 1 is 1.21 bits per heavy atom. The van der Waals surface area contributed by atoms with E-state index in [0.29, 0.717) is 11.3 Å². The Morgan fingerprint density at radius 2 is 1.95 bits per heavy atom. The number of hydrogen-bond acceptors (Lipinski definition) is 2. The second-order valence-electron chi connectivity index (χ2n) is 4.48. The van der Waals surface area contributed by atoms with Gasteiger partial charge in [0.05, 0.1) is 0 Å². The molecule has 0 aliphatic heterocycles. The van der Waals surface area contributed by atoms with Gasteiger partial charge in [0.15, 0.2) is 0 Å². The van der Waals surface area contributed by atoms with E-state index in [2.05, 4.69) is 15.9 Å². The predicted octanol–water partition coefficient (Wildman–Crippen LogP) is 3.62. The van der Waals surface area contributed by atoms with E-state index in [4.69, 9.17) is 5.73 Å². The fourth-order valence-corrected chi connectivity index (χ4v) is 2.39. The van der Waals surface area contributed by atoms with E-state index in [1.165, 1.54) is 0 Å². The van der Waals surface area contributed by atoms with Gasteiger partial charge in [-0.15, -0.1) is 0 Å². The third-order valence-corrected chi connectivity index (χ3v) is 3.32. The van der Waals surface area contributed by atoms with Crippen molar-refractivity contribution in [3.8, 4) is 0 Å². The highest BCUT2D eigenvalue weighted by Gasteiger charge is 2.14. The Kier molecular flexibility index (Phi) is 3.90. The zero-order valence-electron chi connectivity index (χ0n) is 10.9. The summed E-state index contributed by atoms with van der Waals surface area (Å²) in [4.78, 5) is 14.0. The lowest BCUT2D eigenvalue weighted by Gasteiger charge is -2.18. The maximum Gasteiger partial charge on any atom is 0.258 e. The Labute approximate surface area is 121 Å². The highest BCUT2D eigenvalue weighted by atomic mass is 79.9. The van der Waals surface area contributed by atoms with Gasteiger partial charge in [0, 0.05) is 28.5 Å². The van der Waals surface area contributed by atoms with Crippen LogP contribution in [-0.4, -0.2) is 13.0 Å². The monoisotopic (exact) mass is 318 g/mol. The third-order valence-electron chi connectivity index (χ3n) is 2.86. The molecule has 0 aromatic heterocycles. The molecule has 0 radical (unpaired) electrons. The largest absolute Gasteiger partial charge is 0.399 e. The highest BCUT2D eigenvalue weighted by molar-refractivity contribution is 9.10. The van der Waals surface area contributed by atoms with Crippen LogP contribution in [0, 0.1) is 6.92 Å². The molecule has 0 saturated carbocycles. The number of rotatable bonds is 2. The molecule has 4 heteroatoms. The van der Waals surface area contributed by atoms with E-state index in [-0.39, 0.29) is 5.91 Å². The second kappa shape index (κ2) is 5.45. The average Bonchev–Trinajstić information content (AvgIpc) is 2.36. The maximum absolute atomic E-state index is 12.4. The molecule has 0 bridgehead atoms. The molecule has 2 rings (SSSR count). The van der Waals surface area contributed by atoms with Crippen molar-refractivity contribution in [2.75, 3.05) is 17.7 Å². The predicted molar refractivity (Wildman–Crippen MR) is 82.5 cm³/mol. The molecule has 2 aromatic rings. The number of nitrogen functional groups attached to an aromatic ring is 1. The van der Waals surface area contributed by atoms with Gasteiger partial charge in [-0.05, 0) is 42.8 Å². The van der Waals surface area contributed by atoms with E-state index in [1.54, 1.807) is 30.1 Å². The zero-order valence-corrected chi connectivity index (χ0v) is 12.4. The van der Waals surface area contributed by atoms with Gasteiger partial charge in [0.1, 0.15) is 0 Å². The van der Waals surface area contributed by atoms with Gasteiger partial charge in [-0.2, -0.15) is 0 Å². The minimum Gasteiger partial charge on any atom is -0.399 e. The van der Waals surface area contributed by atoms with Gasteiger partial charge in [-0.25, -0.2) is 0 Å². The van der Waals surface area contributed by atoms with Gasteiger partial charge in [-0.3, -0.25) is 4.79 Å². The van der Waals surface area contributed by atoms with Crippen molar-refractivity contribution in [1.29, 1.82) is 0 Å². The summed E-state index contributed by atoms with van der Waals surface area (Å²) >= 11 is 3.35. The fourth-order valence-electron chi connectivity index (χ4n) is 1.88. The van der Waals surface area contributed by atoms with Crippen molar-refractivity contribution in [2.45, 2.75) is 6.92 Å². The third kappa shape index (κ3) is 3.15. The van der Waals surface area contributed by atoms with E-state index in [9.17, 15) is 4.79 Å². The molecule has 2 aromatic carbocycles. The van der Waals surface area contributed by atoms with E-state index in [0.717, 1.165) is 15.7 Å². The van der Waals surface area contributed by atoms with Gasteiger partial charge in [0.2, 0.25) is 0 Å². The Balaban J connectivity index is 2.33. The first-order valence-corrected chi connectivity index (χ1v) is 6.67. The van der Waals surface area contributed by atoms with Gasteiger partial charge >= 0.3 is 0 Å². The standard InChI is InChI=1S/C15H15BrN2O/c1-10-4-3-5-14(6-10)18(2)15(19)11-7-12(16)9-13(17)8-11/h3-9H,17H2,1-2H3. The van der Waals surface area contributed by atoms with Gasteiger partial charge in [0.25, 0.3) is 5.91 Å². The number of halogens is 1. The fraction of sp³-hybridized carbons (Fsp3) is 0.133. The lowest BCUT2D eigenvalue weighted by molar-refractivity contribution is 0.0993. The summed E-state index contributed by atoms with van der Waals surface area (Å²) in [5.41, 5.74) is 8.87. The van der Waals surface area contributed by atoms with Crippen LogP contribution in [0.4, 0.5) is 11.4 Å². The second-order valence-corrected chi connectivity index (χ2v) is 5.39. The molecule has 3 nitrogen and oxygen atoms in total. The summed E-state index contributed by atoms with van der Waals surface area (Å²) in [5, 5.41) is 0. The lowest BCUT2D eigenvalue weighted by atomic mass is 10.1. The molecular weight excluding hydrogens is 304 g/mol. The van der Waals surface area contributed by atoms with Gasteiger partial charge < -0.3 is 10.6 Å². The molecule has 0 aliphatic carbocycles. The molecule has 0 unspecified atom stereocenters. The molecule has 0 saturated heterocycles. The molecule has 0 atom stereocenters. The number of carbonyl (C=O) groups excluding carboxylic acids is 1. The van der Waals surface area contributed by atoms with E-state index in [1.807, 2.05) is 31.2 Å². The Bertz CT molecular complexity index is 605. The molecule has 98 valence electrons. The quantitative estimate of drug-likeness (QED) is 0.860. The zero-order chi connectivity index (χ0) is 14.0. The molecule has 0 fully saturated rings. The number of hydrogen-bond donors (Lipinski definition) is 1. The normalized spacial score (nSPS) is 10.3. The van der Waals surface area contributed by atoms with Crippen LogP contribution in [0.15, 0.2) is 46.9 Å². The van der Waals surface area contributed by atoms with Crippen molar-refractivity contribution >= 4 is 33.2 Å². The summed E-state index contributed by atoms with van der Waals surface area (Å²) in [6, 6.07) is 13.0. The first-order valence-electron chi connectivity index (χ1n) is 5.88. The average molecular weight is 319 g/mol. The molecular formula is C15H15BrN2O. The van der Waals surface area contributed by atoms with Crippen LogP contribution in [0.2, 0.25) is 0 Å². The van der Waals surface area contributed by atoms with Crippen molar-refractivity contribution in [3.05, 3.63) is 58.1 Å². The van der Waals surface area contributed by atoms with Crippen molar-refractivity contribution in [3.63, 3.8) is 0 Å². The number of anilines is 2. The summed E-state index contributed by atoms with van der Waals surface area (Å²) in [5.74, 6) is -0.0846. The minimum absolute atomic E-state index is 0.0846. The minimum atomic E-state index is -0.0846. The molecule has 19 heavy (non-hydrogen) atoms. The van der Waals surface area contributed by atoms with Crippen LogP contribution in [-0.2, 0) is 0 Å². The van der Waals surface area contributed by atoms with Crippen molar-refractivity contribution in [2.24, 2.45) is 0 Å². The first-order chi connectivity index (χ1) is 8.97. The number of carbonyl (C=O) groups is 1. The number of amides is 1. The van der Waals surface area contributed by atoms with Crippen molar-refractivity contribution < 1.29 is 4.79 Å².